The molecule has 0 radical (unpaired) electrons. The Bertz CT molecular complexity index is 633. The highest BCUT2D eigenvalue weighted by atomic mass is 16.5. The van der Waals surface area contributed by atoms with Gasteiger partial charge in [-0.25, -0.2) is 0 Å². The highest BCUT2D eigenvalue weighted by Gasteiger charge is 2.53. The highest BCUT2D eigenvalue weighted by Crippen LogP contribution is 2.51. The molecule has 25 heavy (non-hydrogen) atoms. The van der Waals surface area contributed by atoms with E-state index < -0.39 is 17.4 Å². The molecule has 5 nitrogen and oxygen atoms in total. The maximum atomic E-state index is 12.5. The van der Waals surface area contributed by atoms with Crippen molar-refractivity contribution in [2.45, 2.75) is 65.1 Å². The van der Waals surface area contributed by atoms with Crippen molar-refractivity contribution in [2.75, 3.05) is 14.2 Å². The number of fused-ring (bicyclic) bond motifs is 2. The second-order valence-corrected chi connectivity index (χ2v) is 8.37. The average molecular weight is 348 g/mol. The van der Waals surface area contributed by atoms with E-state index >= 15 is 0 Å². The first kappa shape index (κ1) is 18.2. The summed E-state index contributed by atoms with van der Waals surface area (Å²) in [5.74, 6) is -1.04. The van der Waals surface area contributed by atoms with E-state index in [0.29, 0.717) is 12.8 Å². The number of carbonyl (C=O) groups is 2. The minimum absolute atomic E-state index is 0.0253. The van der Waals surface area contributed by atoms with Crippen LogP contribution in [0.5, 0.6) is 0 Å². The Balaban J connectivity index is 2.11. The summed E-state index contributed by atoms with van der Waals surface area (Å²) in [6.07, 6.45) is 5.76. The van der Waals surface area contributed by atoms with Crippen molar-refractivity contribution < 1.29 is 23.8 Å². The lowest BCUT2D eigenvalue weighted by atomic mass is 9.66. The van der Waals surface area contributed by atoms with Gasteiger partial charge in [0.15, 0.2) is 5.41 Å². The van der Waals surface area contributed by atoms with E-state index in [-0.39, 0.29) is 17.6 Å². The molecular formula is C20H28O5. The van der Waals surface area contributed by atoms with Crippen LogP contribution in [0.2, 0.25) is 0 Å². The van der Waals surface area contributed by atoms with Gasteiger partial charge in [-0.1, -0.05) is 26.8 Å². The molecule has 3 rings (SSSR count). The Morgan fingerprint density at radius 3 is 2.40 bits per heavy atom. The molecule has 5 heteroatoms. The number of esters is 2. The van der Waals surface area contributed by atoms with E-state index in [1.165, 1.54) is 19.8 Å². The summed E-state index contributed by atoms with van der Waals surface area (Å²) in [6.45, 7) is 6.50. The Morgan fingerprint density at radius 1 is 1.20 bits per heavy atom. The normalized spacial score (nSPS) is 28.0. The van der Waals surface area contributed by atoms with Gasteiger partial charge in [0.25, 0.3) is 0 Å². The number of carbonyl (C=O) groups excluding carboxylic acids is 2. The first-order chi connectivity index (χ1) is 11.7. The molecular weight excluding hydrogens is 320 g/mol. The third kappa shape index (κ3) is 2.82. The van der Waals surface area contributed by atoms with Crippen molar-refractivity contribution in [1.29, 1.82) is 0 Å². The zero-order valence-electron chi connectivity index (χ0n) is 15.8. The van der Waals surface area contributed by atoms with Crippen LogP contribution in [0.25, 0.3) is 0 Å². The van der Waals surface area contributed by atoms with Crippen LogP contribution in [-0.2, 0) is 23.8 Å². The number of methoxy groups -OCH3 is 2. The fourth-order valence-electron chi connectivity index (χ4n) is 4.45. The van der Waals surface area contributed by atoms with Gasteiger partial charge < -0.3 is 14.2 Å². The molecule has 1 saturated carbocycles. The largest absolute Gasteiger partial charge is 0.468 e. The number of hydrogen-bond acceptors (Lipinski definition) is 5. The summed E-state index contributed by atoms with van der Waals surface area (Å²) in [5.41, 5.74) is 2.19. The average Bonchev–Trinajstić information content (AvgIpc) is 3.07. The van der Waals surface area contributed by atoms with E-state index in [9.17, 15) is 9.59 Å². The zero-order chi connectivity index (χ0) is 18.4. The van der Waals surface area contributed by atoms with Crippen LogP contribution in [-0.4, -0.2) is 38.4 Å². The van der Waals surface area contributed by atoms with Gasteiger partial charge in [-0.05, 0) is 54.2 Å². The van der Waals surface area contributed by atoms with Crippen LogP contribution in [0, 0.1) is 10.8 Å². The number of allylic oxidation sites excluding steroid dienone is 1. The van der Waals surface area contributed by atoms with Crippen molar-refractivity contribution in [3.63, 3.8) is 0 Å². The van der Waals surface area contributed by atoms with Crippen LogP contribution < -0.4 is 0 Å². The van der Waals surface area contributed by atoms with Crippen LogP contribution in [0.4, 0.5) is 0 Å². The minimum Gasteiger partial charge on any atom is -0.468 e. The van der Waals surface area contributed by atoms with Gasteiger partial charge in [0.05, 0.1) is 26.4 Å². The molecule has 0 bridgehead atoms. The number of rotatable bonds is 2. The Morgan fingerprint density at radius 2 is 1.84 bits per heavy atom. The lowest BCUT2D eigenvalue weighted by Crippen LogP contribution is -2.47. The summed E-state index contributed by atoms with van der Waals surface area (Å²) in [4.78, 5) is 25.1. The maximum absolute atomic E-state index is 12.5. The van der Waals surface area contributed by atoms with Crippen LogP contribution in [0.15, 0.2) is 22.8 Å². The van der Waals surface area contributed by atoms with E-state index in [1.807, 2.05) is 6.08 Å². The molecule has 0 aromatic heterocycles. The van der Waals surface area contributed by atoms with Crippen molar-refractivity contribution in [3.05, 3.63) is 22.8 Å². The van der Waals surface area contributed by atoms with Crippen molar-refractivity contribution >= 4 is 11.9 Å². The SMILES string of the molecule is COC(=O)C1(C(=O)OC)CC=C2C(=C3CCC[C@H]3O[C@@H]2C(C)(C)C)C1. The summed E-state index contributed by atoms with van der Waals surface area (Å²) >= 11 is 0. The lowest BCUT2D eigenvalue weighted by molar-refractivity contribution is -0.169. The summed E-state index contributed by atoms with van der Waals surface area (Å²) in [6, 6.07) is 0. The third-order valence-corrected chi connectivity index (χ3v) is 5.71. The van der Waals surface area contributed by atoms with Crippen molar-refractivity contribution in [1.82, 2.24) is 0 Å². The molecule has 2 aliphatic carbocycles. The van der Waals surface area contributed by atoms with E-state index in [1.54, 1.807) is 0 Å². The molecule has 0 saturated heterocycles. The van der Waals surface area contributed by atoms with Gasteiger partial charge in [-0.2, -0.15) is 0 Å². The van der Waals surface area contributed by atoms with E-state index in [4.69, 9.17) is 14.2 Å². The molecule has 3 aliphatic rings. The quantitative estimate of drug-likeness (QED) is 0.566. The fourth-order valence-corrected chi connectivity index (χ4v) is 4.45. The summed E-state index contributed by atoms with van der Waals surface area (Å²) < 4.78 is 16.4. The first-order valence-corrected chi connectivity index (χ1v) is 8.99. The predicted octanol–water partition coefficient (Wildman–Crippen LogP) is 3.33. The van der Waals surface area contributed by atoms with Crippen LogP contribution in [0.3, 0.4) is 0 Å². The van der Waals surface area contributed by atoms with Crippen LogP contribution in [0.1, 0.15) is 52.9 Å². The molecule has 1 aliphatic heterocycles. The molecule has 1 heterocycles. The minimum atomic E-state index is -1.28. The van der Waals surface area contributed by atoms with Gasteiger partial charge in [-0.15, -0.1) is 0 Å². The second-order valence-electron chi connectivity index (χ2n) is 8.37. The maximum Gasteiger partial charge on any atom is 0.323 e. The zero-order valence-corrected chi connectivity index (χ0v) is 15.8. The smallest absolute Gasteiger partial charge is 0.323 e. The molecule has 0 N–H and O–H groups in total. The molecule has 138 valence electrons. The van der Waals surface area contributed by atoms with Crippen LogP contribution >= 0.6 is 0 Å². The molecule has 0 spiro atoms. The van der Waals surface area contributed by atoms with E-state index in [2.05, 4.69) is 20.8 Å². The van der Waals surface area contributed by atoms with Gasteiger partial charge in [0, 0.05) is 0 Å². The van der Waals surface area contributed by atoms with Crippen molar-refractivity contribution in [2.24, 2.45) is 10.8 Å². The monoisotopic (exact) mass is 348 g/mol. The first-order valence-electron chi connectivity index (χ1n) is 8.99. The standard InChI is InChI=1S/C20H28O5/c1-19(2,3)16-13-9-10-20(17(21)23-4,18(22)24-5)11-14(13)12-7-6-8-15(12)25-16/h9,15-16H,6-8,10-11H2,1-5H3/t15-,16+/m1/s1. The van der Waals surface area contributed by atoms with E-state index in [0.717, 1.165) is 30.4 Å². The van der Waals surface area contributed by atoms with Crippen molar-refractivity contribution in [3.8, 4) is 0 Å². The fraction of sp³-hybridized carbons (Fsp3) is 0.700. The third-order valence-electron chi connectivity index (χ3n) is 5.71. The summed E-state index contributed by atoms with van der Waals surface area (Å²) in [7, 11) is 2.65. The van der Waals surface area contributed by atoms with Gasteiger partial charge >= 0.3 is 11.9 Å². The molecule has 0 unspecified atom stereocenters. The van der Waals surface area contributed by atoms with Gasteiger partial charge in [-0.3, -0.25) is 9.59 Å². The number of hydrogen-bond donors (Lipinski definition) is 0. The Hall–Kier alpha value is -1.62. The topological polar surface area (TPSA) is 61.8 Å². The summed E-state index contributed by atoms with van der Waals surface area (Å²) in [5, 5.41) is 0. The second kappa shape index (κ2) is 6.27. The lowest BCUT2D eigenvalue weighted by Gasteiger charge is -2.44. The number of ether oxygens (including phenoxy) is 3. The molecule has 0 aromatic rings. The van der Waals surface area contributed by atoms with Gasteiger partial charge in [0.2, 0.25) is 0 Å². The Kier molecular flexibility index (Phi) is 4.56. The molecule has 2 atom stereocenters. The predicted molar refractivity (Wildman–Crippen MR) is 92.8 cm³/mol. The highest BCUT2D eigenvalue weighted by molar-refractivity contribution is 6.01. The van der Waals surface area contributed by atoms with Gasteiger partial charge in [0.1, 0.15) is 0 Å². The molecule has 0 aromatic carbocycles. The Labute approximate surface area is 149 Å². The molecule has 0 amide bonds. The molecule has 1 fully saturated rings.